The van der Waals surface area contributed by atoms with Gasteiger partial charge >= 0.3 is 0 Å². The summed E-state index contributed by atoms with van der Waals surface area (Å²) in [7, 11) is 1.61. The van der Waals surface area contributed by atoms with Gasteiger partial charge in [-0.25, -0.2) is 4.99 Å². The molecule has 2 heterocycles. The summed E-state index contributed by atoms with van der Waals surface area (Å²) in [6.45, 7) is 10.9. The van der Waals surface area contributed by atoms with Crippen molar-refractivity contribution >= 4 is 34.4 Å². The Morgan fingerprint density at radius 3 is 2.34 bits per heavy atom. The van der Waals surface area contributed by atoms with Crippen LogP contribution in [0.3, 0.4) is 0 Å². The fourth-order valence-electron chi connectivity index (χ4n) is 4.46. The molecule has 0 saturated heterocycles. The third-order valence-corrected chi connectivity index (χ3v) is 7.45. The molecule has 1 atom stereocenters. The third-order valence-electron chi connectivity index (χ3n) is 6.56. The number of anilines is 1. The lowest BCUT2D eigenvalue weighted by atomic mass is 9.91. The van der Waals surface area contributed by atoms with E-state index >= 15 is 0 Å². The first-order valence-corrected chi connectivity index (χ1v) is 13.8. The molecule has 1 unspecified atom stereocenters. The summed E-state index contributed by atoms with van der Waals surface area (Å²) < 4.78 is 5.24. The van der Waals surface area contributed by atoms with Crippen molar-refractivity contribution in [3.63, 3.8) is 0 Å². The van der Waals surface area contributed by atoms with Gasteiger partial charge in [-0.1, -0.05) is 63.7 Å². The van der Waals surface area contributed by atoms with Gasteiger partial charge in [-0.15, -0.1) is 0 Å². The second-order valence-corrected chi connectivity index (χ2v) is 11.1. The number of nitrogens with one attached hydrogen (secondary N) is 2. The largest absolute Gasteiger partial charge is 0.497 e. The molecule has 2 aromatic rings. The van der Waals surface area contributed by atoms with E-state index in [4.69, 9.17) is 9.73 Å². The Kier molecular flexibility index (Phi) is 8.62. The molecule has 7 nitrogen and oxygen atoms in total. The number of benzene rings is 2. The maximum Gasteiger partial charge on any atom is 0.255 e. The highest BCUT2D eigenvalue weighted by Crippen LogP contribution is 2.45. The normalized spacial score (nSPS) is 16.8. The highest BCUT2D eigenvalue weighted by atomic mass is 32.2. The van der Waals surface area contributed by atoms with Crippen LogP contribution in [0, 0.1) is 5.92 Å². The summed E-state index contributed by atoms with van der Waals surface area (Å²) in [4.78, 5) is 33.4. The number of amidine groups is 1. The second kappa shape index (κ2) is 11.9. The van der Waals surface area contributed by atoms with E-state index < -0.39 is 6.04 Å². The molecule has 200 valence electrons. The number of nitrogens with zero attached hydrogens (tertiary/aromatic N) is 2. The van der Waals surface area contributed by atoms with Crippen LogP contribution in [0.5, 0.6) is 5.75 Å². The number of allylic oxidation sites excluding steroid dienone is 1. The molecule has 0 bridgehead atoms. The highest BCUT2D eigenvalue weighted by Gasteiger charge is 2.40. The minimum Gasteiger partial charge on any atom is -0.497 e. The van der Waals surface area contributed by atoms with Crippen LogP contribution < -0.4 is 15.4 Å². The zero-order valence-corrected chi connectivity index (χ0v) is 23.7. The fourth-order valence-corrected chi connectivity index (χ4v) is 5.42. The molecule has 2 aliphatic rings. The zero-order valence-electron chi connectivity index (χ0n) is 22.9. The van der Waals surface area contributed by atoms with Crippen molar-refractivity contribution in [1.29, 1.82) is 0 Å². The molecule has 2 aliphatic heterocycles. The highest BCUT2D eigenvalue weighted by molar-refractivity contribution is 8.16. The Bertz CT molecular complexity index is 1280. The number of carbonyl (C=O) groups is 2. The SMILES string of the molecule is COc1ccc(NC(=O)C2=C(C)N=C3SC=C(CC(=O)NCC(C)C)N3C2c2ccc(C(C)C)cc2)cc1. The Morgan fingerprint density at radius 1 is 1.05 bits per heavy atom. The summed E-state index contributed by atoms with van der Waals surface area (Å²) in [5, 5.41) is 8.79. The maximum atomic E-state index is 13.8. The summed E-state index contributed by atoms with van der Waals surface area (Å²) in [5.74, 6) is 1.20. The van der Waals surface area contributed by atoms with Crippen LogP contribution in [0.2, 0.25) is 0 Å². The average molecular weight is 533 g/mol. The Hall–Kier alpha value is -3.52. The van der Waals surface area contributed by atoms with Gasteiger partial charge < -0.3 is 20.3 Å². The van der Waals surface area contributed by atoms with Crippen LogP contribution in [0.4, 0.5) is 5.69 Å². The number of ether oxygens (including phenoxy) is 1. The van der Waals surface area contributed by atoms with Crippen molar-refractivity contribution in [2.75, 3.05) is 19.0 Å². The second-order valence-electron chi connectivity index (χ2n) is 10.3. The average Bonchev–Trinajstić information content (AvgIpc) is 3.28. The number of fused-ring (bicyclic) bond motifs is 1. The number of aliphatic imine (C=N–C) groups is 1. The Morgan fingerprint density at radius 2 is 1.74 bits per heavy atom. The van der Waals surface area contributed by atoms with Gasteiger partial charge in [0.25, 0.3) is 5.91 Å². The van der Waals surface area contributed by atoms with Crippen LogP contribution in [0.25, 0.3) is 0 Å². The van der Waals surface area contributed by atoms with Crippen molar-refractivity contribution < 1.29 is 14.3 Å². The van der Waals surface area contributed by atoms with E-state index in [-0.39, 0.29) is 18.2 Å². The predicted octanol–water partition coefficient (Wildman–Crippen LogP) is 6.19. The van der Waals surface area contributed by atoms with E-state index in [0.717, 1.165) is 16.4 Å². The first-order valence-electron chi connectivity index (χ1n) is 12.9. The fraction of sp³-hybridized carbons (Fsp3) is 0.367. The molecule has 0 radical (unpaired) electrons. The van der Waals surface area contributed by atoms with Gasteiger partial charge in [0.1, 0.15) is 5.75 Å². The Labute approximate surface area is 229 Å². The first kappa shape index (κ1) is 27.5. The molecule has 2 N–H and O–H groups in total. The molecule has 8 heteroatoms. The predicted molar refractivity (Wildman–Crippen MR) is 155 cm³/mol. The van der Waals surface area contributed by atoms with E-state index in [1.165, 1.54) is 17.3 Å². The summed E-state index contributed by atoms with van der Waals surface area (Å²) >= 11 is 1.49. The van der Waals surface area contributed by atoms with Crippen LogP contribution >= 0.6 is 11.8 Å². The molecule has 38 heavy (non-hydrogen) atoms. The molecule has 0 aromatic heterocycles. The lowest BCUT2D eigenvalue weighted by Gasteiger charge is -2.36. The maximum absolute atomic E-state index is 13.8. The van der Waals surface area contributed by atoms with E-state index in [1.807, 2.05) is 41.5 Å². The smallest absolute Gasteiger partial charge is 0.255 e. The van der Waals surface area contributed by atoms with Crippen molar-refractivity contribution in [3.05, 3.63) is 82.0 Å². The van der Waals surface area contributed by atoms with Crippen molar-refractivity contribution in [3.8, 4) is 5.75 Å². The van der Waals surface area contributed by atoms with Crippen LogP contribution in [-0.4, -0.2) is 35.5 Å². The van der Waals surface area contributed by atoms with E-state index in [1.54, 1.807) is 7.11 Å². The van der Waals surface area contributed by atoms with Gasteiger partial charge in [0, 0.05) is 17.9 Å². The van der Waals surface area contributed by atoms with E-state index in [2.05, 4.69) is 62.6 Å². The summed E-state index contributed by atoms with van der Waals surface area (Å²) in [6.07, 6.45) is 0.214. The van der Waals surface area contributed by atoms with Crippen LogP contribution in [0.15, 0.2) is 75.9 Å². The zero-order chi connectivity index (χ0) is 27.4. The molecule has 0 fully saturated rings. The molecular formula is C30H36N4O3S. The number of thioether (sulfide) groups is 1. The molecule has 0 saturated carbocycles. The van der Waals surface area contributed by atoms with Crippen LogP contribution in [-0.2, 0) is 9.59 Å². The molecule has 0 spiro atoms. The molecule has 0 aliphatic carbocycles. The first-order chi connectivity index (χ1) is 18.2. The number of rotatable bonds is 9. The van der Waals surface area contributed by atoms with Gasteiger partial charge in [-0.2, -0.15) is 0 Å². The van der Waals surface area contributed by atoms with Crippen LogP contribution in [0.1, 0.15) is 64.1 Å². The number of carbonyl (C=O) groups excluding carboxylic acids is 2. The molecular weight excluding hydrogens is 496 g/mol. The lowest BCUT2D eigenvalue weighted by Crippen LogP contribution is -2.39. The van der Waals surface area contributed by atoms with Gasteiger partial charge in [-0.05, 0) is 59.6 Å². The monoisotopic (exact) mass is 532 g/mol. The van der Waals surface area contributed by atoms with Crippen molar-refractivity contribution in [2.24, 2.45) is 10.9 Å². The number of hydrogen-bond acceptors (Lipinski definition) is 6. The van der Waals surface area contributed by atoms with Gasteiger partial charge in [0.15, 0.2) is 5.17 Å². The molecule has 4 rings (SSSR count). The number of hydrogen-bond donors (Lipinski definition) is 2. The topological polar surface area (TPSA) is 83.0 Å². The van der Waals surface area contributed by atoms with E-state index in [0.29, 0.717) is 41.1 Å². The minimum absolute atomic E-state index is 0.0452. The standard InChI is InChI=1S/C30H36N4O3S/c1-18(2)16-31-26(35)15-24-17-38-30-32-20(5)27(29(36)33-23-11-13-25(37-6)14-12-23)28(34(24)30)22-9-7-21(8-10-22)19(3)4/h7-14,17-19,28H,15-16H2,1-6H3,(H,31,35)(H,33,36). The number of methoxy groups -OCH3 is 1. The van der Waals surface area contributed by atoms with Crippen molar-refractivity contribution in [1.82, 2.24) is 10.2 Å². The van der Waals surface area contributed by atoms with Gasteiger partial charge in [-0.3, -0.25) is 9.59 Å². The number of amides is 2. The summed E-state index contributed by atoms with van der Waals surface area (Å²) in [5.41, 5.74) is 4.90. The lowest BCUT2D eigenvalue weighted by molar-refractivity contribution is -0.120. The molecule has 2 amide bonds. The molecule has 2 aromatic carbocycles. The van der Waals surface area contributed by atoms with Crippen molar-refractivity contribution in [2.45, 2.75) is 53.0 Å². The Balaban J connectivity index is 1.69. The quantitative estimate of drug-likeness (QED) is 0.402. The van der Waals surface area contributed by atoms with E-state index in [9.17, 15) is 9.59 Å². The third kappa shape index (κ3) is 6.13. The van der Waals surface area contributed by atoms with Gasteiger partial charge in [0.2, 0.25) is 5.91 Å². The van der Waals surface area contributed by atoms with Gasteiger partial charge in [0.05, 0.1) is 30.8 Å². The summed E-state index contributed by atoms with van der Waals surface area (Å²) in [6, 6.07) is 15.2. The minimum atomic E-state index is -0.416.